The number of hydrogen-bond donors (Lipinski definition) is 1. The molecule has 2 atom stereocenters. The van der Waals surface area contributed by atoms with Crippen molar-refractivity contribution in [1.82, 2.24) is 14.7 Å². The van der Waals surface area contributed by atoms with Gasteiger partial charge in [-0.1, -0.05) is 31.2 Å². The molecule has 1 aromatic heterocycles. The highest BCUT2D eigenvalue weighted by atomic mass is 19.1. The molecule has 0 radical (unpaired) electrons. The number of ether oxygens (including phenoxy) is 3. The summed E-state index contributed by atoms with van der Waals surface area (Å²) in [4.78, 5) is 2.18. The Hall–Kier alpha value is -2.78. The SMILES string of the molecule is CCOC[C@@H](O)CN(Cc1c(CC)nn(-c2ccccc2)c1Oc1cccc(F)c1)C[C@@H]1CCCO1. The van der Waals surface area contributed by atoms with Crippen LogP contribution in [-0.4, -0.2) is 64.9 Å². The Morgan fingerprint density at radius 2 is 2.03 bits per heavy atom. The summed E-state index contributed by atoms with van der Waals surface area (Å²) in [7, 11) is 0. The van der Waals surface area contributed by atoms with Crippen molar-refractivity contribution < 1.29 is 23.7 Å². The van der Waals surface area contributed by atoms with Crippen LogP contribution in [0.1, 0.15) is 37.9 Å². The summed E-state index contributed by atoms with van der Waals surface area (Å²) in [5.74, 6) is 0.577. The lowest BCUT2D eigenvalue weighted by Gasteiger charge is -2.27. The van der Waals surface area contributed by atoms with Crippen LogP contribution in [0, 0.1) is 5.82 Å². The minimum atomic E-state index is -0.631. The van der Waals surface area contributed by atoms with E-state index in [0.29, 0.717) is 44.3 Å². The molecule has 1 saturated heterocycles. The first-order valence-electron chi connectivity index (χ1n) is 12.8. The van der Waals surface area contributed by atoms with Crippen LogP contribution in [0.15, 0.2) is 54.6 Å². The summed E-state index contributed by atoms with van der Waals surface area (Å²) >= 11 is 0. The molecule has 1 aliphatic heterocycles. The van der Waals surface area contributed by atoms with Gasteiger partial charge in [-0.3, -0.25) is 4.90 Å². The predicted octanol–water partition coefficient (Wildman–Crippen LogP) is 4.74. The maximum atomic E-state index is 14.0. The Morgan fingerprint density at radius 1 is 1.19 bits per heavy atom. The van der Waals surface area contributed by atoms with Crippen molar-refractivity contribution in [3.8, 4) is 17.3 Å². The Kier molecular flexibility index (Phi) is 9.47. The first-order valence-corrected chi connectivity index (χ1v) is 12.8. The lowest BCUT2D eigenvalue weighted by atomic mass is 10.1. The zero-order valence-corrected chi connectivity index (χ0v) is 21.1. The van der Waals surface area contributed by atoms with Gasteiger partial charge in [0.25, 0.3) is 0 Å². The molecule has 8 heteroatoms. The second-order valence-corrected chi connectivity index (χ2v) is 9.03. The Bertz CT molecular complexity index is 1090. The van der Waals surface area contributed by atoms with Crippen LogP contribution >= 0.6 is 0 Å². The Labute approximate surface area is 212 Å². The minimum absolute atomic E-state index is 0.117. The van der Waals surface area contributed by atoms with Crippen LogP contribution in [0.4, 0.5) is 4.39 Å². The summed E-state index contributed by atoms with van der Waals surface area (Å²) in [6.45, 7) is 7.18. The number of aryl methyl sites for hydroxylation is 1. The number of aliphatic hydroxyl groups is 1. The summed E-state index contributed by atoms with van der Waals surface area (Å²) in [5.41, 5.74) is 2.65. The van der Waals surface area contributed by atoms with Crippen molar-refractivity contribution in [3.05, 3.63) is 71.7 Å². The summed E-state index contributed by atoms with van der Waals surface area (Å²) in [6.07, 6.45) is 2.22. The molecule has 0 spiro atoms. The van der Waals surface area contributed by atoms with Crippen molar-refractivity contribution in [3.63, 3.8) is 0 Å². The van der Waals surface area contributed by atoms with E-state index in [1.54, 1.807) is 16.8 Å². The molecular formula is C28H36FN3O4. The minimum Gasteiger partial charge on any atom is -0.438 e. The van der Waals surface area contributed by atoms with E-state index in [-0.39, 0.29) is 18.5 Å². The summed E-state index contributed by atoms with van der Waals surface area (Å²) < 4.78 is 33.4. The van der Waals surface area contributed by atoms with E-state index in [1.165, 1.54) is 12.1 Å². The first-order chi connectivity index (χ1) is 17.6. The molecule has 3 aromatic rings. The van der Waals surface area contributed by atoms with Gasteiger partial charge in [0, 0.05) is 38.9 Å². The Morgan fingerprint density at radius 3 is 2.72 bits per heavy atom. The fourth-order valence-electron chi connectivity index (χ4n) is 4.52. The van der Waals surface area contributed by atoms with Gasteiger partial charge in [-0.25, -0.2) is 9.07 Å². The van der Waals surface area contributed by atoms with Crippen LogP contribution < -0.4 is 4.74 Å². The van der Waals surface area contributed by atoms with E-state index < -0.39 is 6.10 Å². The zero-order chi connectivity index (χ0) is 25.3. The molecule has 1 aliphatic rings. The lowest BCUT2D eigenvalue weighted by molar-refractivity contribution is 0.00496. The van der Waals surface area contributed by atoms with Gasteiger partial charge in [0.2, 0.25) is 5.88 Å². The number of aliphatic hydroxyl groups excluding tert-OH is 1. The number of nitrogens with zero attached hydrogens (tertiary/aromatic N) is 3. The van der Waals surface area contributed by atoms with Crippen LogP contribution in [0.5, 0.6) is 11.6 Å². The molecule has 0 amide bonds. The first kappa shape index (κ1) is 26.3. The molecule has 1 fully saturated rings. The van der Waals surface area contributed by atoms with Crippen molar-refractivity contribution >= 4 is 0 Å². The van der Waals surface area contributed by atoms with Gasteiger partial charge in [-0.2, -0.15) is 5.10 Å². The van der Waals surface area contributed by atoms with Crippen molar-refractivity contribution in [2.24, 2.45) is 0 Å². The van der Waals surface area contributed by atoms with Gasteiger partial charge in [-0.15, -0.1) is 0 Å². The maximum absolute atomic E-state index is 14.0. The molecule has 7 nitrogen and oxygen atoms in total. The number of para-hydroxylation sites is 1. The quantitative estimate of drug-likeness (QED) is 0.368. The van der Waals surface area contributed by atoms with Crippen LogP contribution in [-0.2, 0) is 22.4 Å². The highest BCUT2D eigenvalue weighted by Crippen LogP contribution is 2.33. The molecule has 194 valence electrons. The van der Waals surface area contributed by atoms with Gasteiger partial charge in [-0.05, 0) is 50.5 Å². The monoisotopic (exact) mass is 497 g/mol. The second-order valence-electron chi connectivity index (χ2n) is 9.03. The van der Waals surface area contributed by atoms with E-state index >= 15 is 0 Å². The number of aromatic nitrogens is 2. The molecule has 36 heavy (non-hydrogen) atoms. The van der Waals surface area contributed by atoms with E-state index in [9.17, 15) is 9.50 Å². The largest absolute Gasteiger partial charge is 0.438 e. The highest BCUT2D eigenvalue weighted by Gasteiger charge is 2.26. The van der Waals surface area contributed by atoms with Crippen LogP contribution in [0.3, 0.4) is 0 Å². The molecule has 1 N–H and O–H groups in total. The predicted molar refractivity (Wildman–Crippen MR) is 136 cm³/mol. The van der Waals surface area contributed by atoms with Gasteiger partial charge in [0.05, 0.1) is 35.8 Å². The third-order valence-corrected chi connectivity index (χ3v) is 6.22. The zero-order valence-electron chi connectivity index (χ0n) is 21.1. The van der Waals surface area contributed by atoms with Crippen molar-refractivity contribution in [2.75, 3.05) is 32.9 Å². The van der Waals surface area contributed by atoms with Gasteiger partial charge in [0.1, 0.15) is 11.6 Å². The summed E-state index contributed by atoms with van der Waals surface area (Å²) in [5, 5.41) is 15.5. The molecule has 0 saturated carbocycles. The van der Waals surface area contributed by atoms with Crippen molar-refractivity contribution in [2.45, 2.75) is 51.9 Å². The number of benzene rings is 2. The molecular weight excluding hydrogens is 461 g/mol. The van der Waals surface area contributed by atoms with E-state index in [1.807, 2.05) is 37.3 Å². The van der Waals surface area contributed by atoms with Gasteiger partial charge >= 0.3 is 0 Å². The molecule has 0 unspecified atom stereocenters. The Balaban J connectivity index is 1.69. The van der Waals surface area contributed by atoms with Crippen LogP contribution in [0.2, 0.25) is 0 Å². The number of halogens is 1. The highest BCUT2D eigenvalue weighted by molar-refractivity contribution is 5.43. The molecule has 4 rings (SSSR count). The van der Waals surface area contributed by atoms with Crippen molar-refractivity contribution in [1.29, 1.82) is 0 Å². The average molecular weight is 498 g/mol. The lowest BCUT2D eigenvalue weighted by Crippen LogP contribution is -2.39. The summed E-state index contributed by atoms with van der Waals surface area (Å²) in [6, 6.07) is 15.9. The molecule has 0 aliphatic carbocycles. The van der Waals surface area contributed by atoms with E-state index in [2.05, 4.69) is 11.8 Å². The smallest absolute Gasteiger partial charge is 0.227 e. The second kappa shape index (κ2) is 13.0. The standard InChI is InChI=1S/C28H36FN3O4/c1-3-27-26(19-31(17-23(33)20-34-4-2)18-25-14-9-15-35-25)28(36-24-13-8-10-21(29)16-24)32(30-27)22-11-6-5-7-12-22/h5-8,10-13,16,23,25,33H,3-4,9,14-15,17-20H2,1-2H3/t23-,25-/m0/s1. The normalized spacial score (nSPS) is 16.5. The van der Waals surface area contributed by atoms with E-state index in [0.717, 1.165) is 36.4 Å². The van der Waals surface area contributed by atoms with E-state index in [4.69, 9.17) is 19.3 Å². The van der Waals surface area contributed by atoms with Gasteiger partial charge < -0.3 is 19.3 Å². The van der Waals surface area contributed by atoms with Crippen LogP contribution in [0.25, 0.3) is 5.69 Å². The van der Waals surface area contributed by atoms with Gasteiger partial charge in [0.15, 0.2) is 0 Å². The number of hydrogen-bond acceptors (Lipinski definition) is 6. The molecule has 2 heterocycles. The fraction of sp³-hybridized carbons (Fsp3) is 0.464. The molecule has 0 bridgehead atoms. The molecule has 2 aromatic carbocycles. The maximum Gasteiger partial charge on any atom is 0.227 e. The fourth-order valence-corrected chi connectivity index (χ4v) is 4.52. The topological polar surface area (TPSA) is 69.0 Å². The third kappa shape index (κ3) is 6.91. The average Bonchev–Trinajstić information content (AvgIpc) is 3.51. The number of rotatable bonds is 13. The third-order valence-electron chi connectivity index (χ3n) is 6.22.